The van der Waals surface area contributed by atoms with Crippen molar-refractivity contribution in [2.75, 3.05) is 0 Å². The van der Waals surface area contributed by atoms with E-state index in [0.717, 1.165) is 10.6 Å². The summed E-state index contributed by atoms with van der Waals surface area (Å²) in [6, 6.07) is 25.8. The van der Waals surface area contributed by atoms with Crippen LogP contribution in [0.15, 0.2) is 89.8 Å². The van der Waals surface area contributed by atoms with Crippen molar-refractivity contribution in [3.8, 4) is 0 Å². The van der Waals surface area contributed by atoms with Crippen LogP contribution < -0.4 is 15.9 Å². The first kappa shape index (κ1) is 30.1. The Bertz CT molecular complexity index is 1060. The van der Waals surface area contributed by atoms with Crippen molar-refractivity contribution in [1.82, 2.24) is 0 Å². The molecule has 4 rings (SSSR count). The van der Waals surface area contributed by atoms with E-state index in [4.69, 9.17) is 0 Å². The topological polar surface area (TPSA) is 57.2 Å². The third-order valence-corrected chi connectivity index (χ3v) is 8.70. The number of halogens is 1. The van der Waals surface area contributed by atoms with Gasteiger partial charge in [0.2, 0.25) is 0 Å². The number of hydrogen-bond acceptors (Lipinski definition) is 3. The summed E-state index contributed by atoms with van der Waals surface area (Å²) in [4.78, 5) is -0.140. The van der Waals surface area contributed by atoms with Crippen LogP contribution in [0, 0.1) is 43.4 Å². The van der Waals surface area contributed by atoms with Crippen molar-refractivity contribution in [2.45, 2.75) is 25.7 Å². The molecule has 0 N–H and O–H groups in total. The summed E-state index contributed by atoms with van der Waals surface area (Å²) in [7, 11) is -1.07. The van der Waals surface area contributed by atoms with Crippen molar-refractivity contribution >= 4 is 43.6 Å². The van der Waals surface area contributed by atoms with Gasteiger partial charge in [-0.05, 0) is 68.0 Å². The van der Waals surface area contributed by atoms with Crippen LogP contribution in [0.5, 0.6) is 0 Å². The van der Waals surface area contributed by atoms with Crippen LogP contribution in [0.4, 0.5) is 0 Å². The van der Waals surface area contributed by atoms with Gasteiger partial charge in [0.05, 0.1) is 4.90 Å². The Morgan fingerprint density at radius 1 is 0.743 bits per heavy atom. The molecule has 3 nitrogen and oxygen atoms in total. The molecule has 0 atom stereocenters. The molecule has 7 heteroatoms. The molecule has 184 valence electrons. The Kier molecular flexibility index (Phi) is 13.1. The first-order chi connectivity index (χ1) is 16.8. The molecular weight excluding hydrogens is 584 g/mol. The van der Waals surface area contributed by atoms with Gasteiger partial charge in [-0.3, -0.25) is 0 Å². The zero-order chi connectivity index (χ0) is 25.8. The third-order valence-electron chi connectivity index (χ3n) is 5.15. The SMILES string of the molecule is C[C]1[CH][CH][C](C(C)C)[CH][CH]1.O=S(=O)([O-])c1ccccc1P(c1ccccc1)c1ccccc1.[Cl][Ru+]. The molecule has 0 aliphatic heterocycles. The zero-order valence-corrected chi connectivity index (χ0v) is 24.0. The minimum atomic E-state index is -4.53. The fourth-order valence-electron chi connectivity index (χ4n) is 3.39. The number of hydrogen-bond donors (Lipinski definition) is 0. The fraction of sp³-hybridized carbons (Fsp3) is 0.143. The van der Waals surface area contributed by atoms with E-state index >= 15 is 0 Å². The van der Waals surface area contributed by atoms with Gasteiger partial charge in [0.25, 0.3) is 0 Å². The maximum absolute atomic E-state index is 11.7. The predicted octanol–water partition coefficient (Wildman–Crippen LogP) is 5.68. The summed E-state index contributed by atoms with van der Waals surface area (Å²) < 4.78 is 35.0. The van der Waals surface area contributed by atoms with Gasteiger partial charge in [-0.25, -0.2) is 8.42 Å². The zero-order valence-electron chi connectivity index (χ0n) is 19.8. The number of rotatable bonds is 5. The van der Waals surface area contributed by atoms with Crippen LogP contribution in [0.25, 0.3) is 0 Å². The van der Waals surface area contributed by atoms with Gasteiger partial charge in [0.1, 0.15) is 10.1 Å². The quantitative estimate of drug-likeness (QED) is 0.212. The first-order valence-corrected chi connectivity index (χ1v) is 15.9. The van der Waals surface area contributed by atoms with Crippen LogP contribution in [0.1, 0.15) is 20.8 Å². The summed E-state index contributed by atoms with van der Waals surface area (Å²) in [6.07, 6.45) is 8.71. The summed E-state index contributed by atoms with van der Waals surface area (Å²) in [6.45, 7) is 6.54. The molecule has 1 aliphatic carbocycles. The van der Waals surface area contributed by atoms with Gasteiger partial charge in [-0.2, -0.15) is 0 Å². The fourth-order valence-corrected chi connectivity index (χ4v) is 6.89. The summed E-state index contributed by atoms with van der Waals surface area (Å²) in [5, 5.41) is 2.57. The van der Waals surface area contributed by atoms with E-state index in [1.165, 1.54) is 17.9 Å². The van der Waals surface area contributed by atoms with Gasteiger partial charge in [-0.1, -0.05) is 99.6 Å². The number of benzene rings is 3. The Labute approximate surface area is 226 Å². The average molecular weight is 612 g/mol. The third kappa shape index (κ3) is 9.38. The van der Waals surface area contributed by atoms with E-state index in [9.17, 15) is 13.0 Å². The molecule has 0 heterocycles. The van der Waals surface area contributed by atoms with Crippen LogP contribution >= 0.6 is 17.6 Å². The Morgan fingerprint density at radius 2 is 1.17 bits per heavy atom. The molecule has 0 unspecified atom stereocenters. The van der Waals surface area contributed by atoms with Crippen LogP contribution in [0.3, 0.4) is 0 Å². The summed E-state index contributed by atoms with van der Waals surface area (Å²) in [5.41, 5.74) is 0. The van der Waals surface area contributed by atoms with Crippen molar-refractivity contribution in [3.05, 3.63) is 122 Å². The van der Waals surface area contributed by atoms with E-state index in [1.54, 1.807) is 18.2 Å². The molecule has 0 aromatic heterocycles. The second kappa shape index (κ2) is 15.2. The summed E-state index contributed by atoms with van der Waals surface area (Å²) >= 11 is 1.82. The molecule has 1 saturated carbocycles. The van der Waals surface area contributed by atoms with Gasteiger partial charge in [-0.15, -0.1) is 0 Å². The van der Waals surface area contributed by atoms with Crippen molar-refractivity contribution in [2.24, 2.45) is 5.92 Å². The van der Waals surface area contributed by atoms with Crippen LogP contribution in [0.2, 0.25) is 0 Å². The second-order valence-corrected chi connectivity index (χ2v) is 11.5. The standard InChI is InChI=1S/C18H15O3PS.C10H14.ClH.Ru/c19-23(20,21)18-14-8-7-13-17(18)22(15-9-3-1-4-10-15)16-11-5-2-6-12-16;1-8(2)10-6-4-9(3)5-7-10;;/h1-14H,(H,19,20,21);4-8H,1-3H3;1H;/q;;;+2/p-2. The normalized spacial score (nSPS) is 14.6. The van der Waals surface area contributed by atoms with E-state index in [-0.39, 0.29) is 4.90 Å². The summed E-state index contributed by atoms with van der Waals surface area (Å²) in [5.74, 6) is 3.41. The van der Waals surface area contributed by atoms with Crippen molar-refractivity contribution in [3.63, 3.8) is 0 Å². The van der Waals surface area contributed by atoms with E-state index in [0.29, 0.717) is 11.2 Å². The van der Waals surface area contributed by atoms with E-state index in [1.807, 2.05) is 78.0 Å². The molecule has 3 aromatic carbocycles. The first-order valence-electron chi connectivity index (χ1n) is 10.9. The van der Waals surface area contributed by atoms with Gasteiger partial charge in [0.15, 0.2) is 0 Å². The molecule has 0 spiro atoms. The Hall–Kier alpha value is -1.09. The molecule has 0 amide bonds. The van der Waals surface area contributed by atoms with Crippen LogP contribution in [-0.4, -0.2) is 13.0 Å². The van der Waals surface area contributed by atoms with Crippen molar-refractivity contribution in [1.29, 1.82) is 0 Å². The molecule has 1 fully saturated rings. The molecule has 0 saturated heterocycles. The molecular formula is C28H28ClO3PRuS. The van der Waals surface area contributed by atoms with Gasteiger partial charge in [0, 0.05) is 5.30 Å². The second-order valence-electron chi connectivity index (χ2n) is 7.99. The Morgan fingerprint density at radius 3 is 1.60 bits per heavy atom. The van der Waals surface area contributed by atoms with Crippen molar-refractivity contribution < 1.29 is 30.3 Å². The predicted molar refractivity (Wildman–Crippen MR) is 143 cm³/mol. The maximum atomic E-state index is 11.7. The van der Waals surface area contributed by atoms with Gasteiger partial charge < -0.3 is 4.55 Å². The monoisotopic (exact) mass is 612 g/mol. The average Bonchev–Trinajstić information content (AvgIpc) is 2.87. The molecule has 3 aromatic rings. The van der Waals surface area contributed by atoms with E-state index < -0.39 is 18.0 Å². The van der Waals surface area contributed by atoms with E-state index in [2.05, 4.69) is 56.1 Å². The van der Waals surface area contributed by atoms with Crippen LogP contribution in [-0.2, 0) is 27.4 Å². The Balaban J connectivity index is 0.000000302. The molecule has 6 radical (unpaired) electrons. The van der Waals surface area contributed by atoms with Gasteiger partial charge >= 0.3 is 27.0 Å². The minimum absolute atomic E-state index is 0.140. The molecule has 1 aliphatic rings. The molecule has 0 bridgehead atoms. The molecule has 35 heavy (non-hydrogen) atoms.